The zero-order valence-corrected chi connectivity index (χ0v) is 16.0. The van der Waals surface area contributed by atoms with E-state index >= 15 is 0 Å². The molecule has 0 spiro atoms. The highest BCUT2D eigenvalue weighted by Gasteiger charge is 1.99. The van der Waals surface area contributed by atoms with Crippen molar-refractivity contribution in [3.63, 3.8) is 0 Å². The lowest BCUT2D eigenvalue weighted by atomic mass is 10.1. The van der Waals surface area contributed by atoms with Gasteiger partial charge in [0.2, 0.25) is 0 Å². The molecule has 4 nitrogen and oxygen atoms in total. The van der Waals surface area contributed by atoms with Crippen molar-refractivity contribution < 1.29 is 18.9 Å². The van der Waals surface area contributed by atoms with Crippen molar-refractivity contribution in [2.24, 2.45) is 0 Å². The first-order chi connectivity index (χ1) is 11.8. The van der Waals surface area contributed by atoms with Gasteiger partial charge in [-0.25, -0.2) is 0 Å². The highest BCUT2D eigenvalue weighted by atomic mass is 127. The van der Waals surface area contributed by atoms with Gasteiger partial charge >= 0.3 is 0 Å². The van der Waals surface area contributed by atoms with Gasteiger partial charge in [-0.1, -0.05) is 24.3 Å². The average molecular weight is 442 g/mol. The van der Waals surface area contributed by atoms with Crippen molar-refractivity contribution in [3.8, 4) is 16.9 Å². The summed E-state index contributed by atoms with van der Waals surface area (Å²) in [4.78, 5) is 0. The molecule has 2 aromatic rings. The van der Waals surface area contributed by atoms with Gasteiger partial charge in [-0.3, -0.25) is 0 Å². The predicted molar refractivity (Wildman–Crippen MR) is 104 cm³/mol. The molecule has 0 atom stereocenters. The summed E-state index contributed by atoms with van der Waals surface area (Å²) in [7, 11) is 1.66. The third-order valence-corrected chi connectivity index (χ3v) is 4.05. The molecule has 0 aromatic heterocycles. The molecule has 24 heavy (non-hydrogen) atoms. The van der Waals surface area contributed by atoms with Crippen LogP contribution in [-0.2, 0) is 14.2 Å². The highest BCUT2D eigenvalue weighted by molar-refractivity contribution is 14.1. The monoisotopic (exact) mass is 442 g/mol. The number of ether oxygens (including phenoxy) is 4. The van der Waals surface area contributed by atoms with Crippen molar-refractivity contribution >= 4 is 22.6 Å². The summed E-state index contributed by atoms with van der Waals surface area (Å²) in [6.45, 7) is 3.44. The minimum absolute atomic E-state index is 0.529. The minimum atomic E-state index is 0.529. The van der Waals surface area contributed by atoms with Crippen molar-refractivity contribution in [1.29, 1.82) is 0 Å². The Morgan fingerprint density at radius 3 is 1.75 bits per heavy atom. The van der Waals surface area contributed by atoms with E-state index in [2.05, 4.69) is 59.0 Å². The van der Waals surface area contributed by atoms with E-state index in [1.54, 1.807) is 7.11 Å². The molecule has 130 valence electrons. The van der Waals surface area contributed by atoms with Gasteiger partial charge in [0.25, 0.3) is 0 Å². The van der Waals surface area contributed by atoms with E-state index in [-0.39, 0.29) is 0 Å². The molecule has 0 aliphatic rings. The first kappa shape index (κ1) is 19.2. The van der Waals surface area contributed by atoms with Crippen molar-refractivity contribution in [2.75, 3.05) is 46.8 Å². The van der Waals surface area contributed by atoms with E-state index in [1.165, 1.54) is 14.7 Å². The molecule has 0 aliphatic carbocycles. The summed E-state index contributed by atoms with van der Waals surface area (Å²) in [6.07, 6.45) is 0. The van der Waals surface area contributed by atoms with E-state index < -0.39 is 0 Å². The van der Waals surface area contributed by atoms with Crippen LogP contribution in [0.3, 0.4) is 0 Å². The molecule has 0 fully saturated rings. The second kappa shape index (κ2) is 11.4. The maximum Gasteiger partial charge on any atom is 0.119 e. The van der Waals surface area contributed by atoms with Crippen molar-refractivity contribution in [3.05, 3.63) is 52.1 Å². The maximum atomic E-state index is 5.67. The van der Waals surface area contributed by atoms with Crippen LogP contribution in [0.4, 0.5) is 0 Å². The van der Waals surface area contributed by atoms with Crippen LogP contribution in [0, 0.1) is 3.57 Å². The van der Waals surface area contributed by atoms with Crippen LogP contribution in [0.1, 0.15) is 0 Å². The van der Waals surface area contributed by atoms with E-state index in [4.69, 9.17) is 18.9 Å². The topological polar surface area (TPSA) is 36.9 Å². The molecule has 2 rings (SSSR count). The molecule has 5 heteroatoms. The minimum Gasteiger partial charge on any atom is -0.491 e. The molecule has 0 saturated heterocycles. The summed E-state index contributed by atoms with van der Waals surface area (Å²) in [5.41, 5.74) is 2.39. The van der Waals surface area contributed by atoms with Crippen LogP contribution in [-0.4, -0.2) is 46.8 Å². The lowest BCUT2D eigenvalue weighted by Gasteiger charge is -2.09. The zero-order chi connectivity index (χ0) is 17.0. The van der Waals surface area contributed by atoms with Crippen LogP contribution < -0.4 is 4.74 Å². The smallest absolute Gasteiger partial charge is 0.119 e. The molecule has 0 bridgehead atoms. The molecule has 2 aromatic carbocycles. The molecule has 0 N–H and O–H groups in total. The largest absolute Gasteiger partial charge is 0.491 e. The lowest BCUT2D eigenvalue weighted by molar-refractivity contribution is 0.0180. The molecule has 0 heterocycles. The van der Waals surface area contributed by atoms with Crippen molar-refractivity contribution in [1.82, 2.24) is 0 Å². The summed E-state index contributed by atoms with van der Waals surface area (Å²) in [5, 5.41) is 0. The normalized spacial score (nSPS) is 10.8. The third kappa shape index (κ3) is 7.17. The number of methoxy groups -OCH3 is 1. The summed E-state index contributed by atoms with van der Waals surface area (Å²) < 4.78 is 22.6. The quantitative estimate of drug-likeness (QED) is 0.389. The fourth-order valence-electron chi connectivity index (χ4n) is 2.07. The Kier molecular flexibility index (Phi) is 9.12. The Balaban J connectivity index is 1.63. The van der Waals surface area contributed by atoms with Gasteiger partial charge in [0.1, 0.15) is 12.4 Å². The van der Waals surface area contributed by atoms with Gasteiger partial charge in [0, 0.05) is 10.7 Å². The lowest BCUT2D eigenvalue weighted by Crippen LogP contribution is -2.12. The summed E-state index contributed by atoms with van der Waals surface area (Å²) in [6, 6.07) is 16.6. The number of rotatable bonds is 11. The Morgan fingerprint density at radius 2 is 1.17 bits per heavy atom. The predicted octanol–water partition coefficient (Wildman–Crippen LogP) is 4.02. The summed E-state index contributed by atoms with van der Waals surface area (Å²) >= 11 is 2.31. The molecule has 0 amide bonds. The molecular formula is C19H23IO4. The van der Waals surface area contributed by atoms with Crippen LogP contribution in [0.15, 0.2) is 48.5 Å². The number of hydrogen-bond donors (Lipinski definition) is 0. The van der Waals surface area contributed by atoms with Gasteiger partial charge in [-0.2, -0.15) is 0 Å². The maximum absolute atomic E-state index is 5.67. The highest BCUT2D eigenvalue weighted by Crippen LogP contribution is 2.23. The average Bonchev–Trinajstić information content (AvgIpc) is 2.62. The van der Waals surface area contributed by atoms with Crippen LogP contribution >= 0.6 is 22.6 Å². The molecular weight excluding hydrogens is 419 g/mol. The zero-order valence-electron chi connectivity index (χ0n) is 13.9. The van der Waals surface area contributed by atoms with Gasteiger partial charge in [0.15, 0.2) is 0 Å². The number of halogens is 1. The van der Waals surface area contributed by atoms with E-state index in [1.807, 2.05) is 12.1 Å². The van der Waals surface area contributed by atoms with Gasteiger partial charge in [-0.15, -0.1) is 0 Å². The first-order valence-corrected chi connectivity index (χ1v) is 9.00. The fraction of sp³-hybridized carbons (Fsp3) is 0.368. The van der Waals surface area contributed by atoms with Crippen LogP contribution in [0.2, 0.25) is 0 Å². The van der Waals surface area contributed by atoms with Crippen LogP contribution in [0.5, 0.6) is 5.75 Å². The van der Waals surface area contributed by atoms with Gasteiger partial charge in [-0.05, 0) is 58.0 Å². The Bertz CT molecular complexity index is 569. The molecule has 0 radical (unpaired) electrons. The van der Waals surface area contributed by atoms with E-state index in [9.17, 15) is 0 Å². The Hall–Kier alpha value is -1.15. The molecule has 0 saturated carbocycles. The van der Waals surface area contributed by atoms with Gasteiger partial charge in [0.05, 0.1) is 33.0 Å². The Labute approximate surface area is 157 Å². The molecule has 0 aliphatic heterocycles. The van der Waals surface area contributed by atoms with Crippen LogP contribution in [0.25, 0.3) is 11.1 Å². The standard InChI is InChI=1S/C19H23IO4/c1-21-10-11-22-12-13-23-14-15-24-19-8-4-17(5-9-19)16-2-6-18(20)7-3-16/h2-9H,10-15H2,1H3. The number of benzene rings is 2. The second-order valence-corrected chi connectivity index (χ2v) is 6.34. The third-order valence-electron chi connectivity index (χ3n) is 3.33. The summed E-state index contributed by atoms with van der Waals surface area (Å²) in [5.74, 6) is 0.851. The number of hydrogen-bond acceptors (Lipinski definition) is 4. The van der Waals surface area contributed by atoms with E-state index in [0.29, 0.717) is 39.6 Å². The SMILES string of the molecule is COCCOCCOCCOc1ccc(-c2ccc(I)cc2)cc1. The second-order valence-electron chi connectivity index (χ2n) is 5.10. The molecule has 0 unspecified atom stereocenters. The first-order valence-electron chi connectivity index (χ1n) is 7.93. The fourth-order valence-corrected chi connectivity index (χ4v) is 2.43. The Morgan fingerprint density at radius 1 is 0.667 bits per heavy atom. The van der Waals surface area contributed by atoms with Gasteiger partial charge < -0.3 is 18.9 Å². The van der Waals surface area contributed by atoms with Crippen molar-refractivity contribution in [2.45, 2.75) is 0 Å². The van der Waals surface area contributed by atoms with E-state index in [0.717, 1.165) is 5.75 Å².